The van der Waals surface area contributed by atoms with Crippen LogP contribution < -0.4 is 0 Å². The van der Waals surface area contributed by atoms with Gasteiger partial charge in [-0.05, 0) is 131 Å². The van der Waals surface area contributed by atoms with Crippen molar-refractivity contribution in [3.05, 3.63) is 144 Å². The predicted molar refractivity (Wildman–Crippen MR) is 216 cm³/mol. The second-order valence-electron chi connectivity index (χ2n) is 16.0. The molecule has 0 saturated carbocycles. The van der Waals surface area contributed by atoms with Crippen molar-refractivity contribution in [1.29, 1.82) is 0 Å². The Bertz CT molecular complexity index is 2430. The summed E-state index contributed by atoms with van der Waals surface area (Å²) in [5.74, 6) is -0.344. The van der Waals surface area contributed by atoms with Gasteiger partial charge in [0.15, 0.2) is 0 Å². The van der Waals surface area contributed by atoms with Crippen LogP contribution in [0.3, 0.4) is 0 Å². The highest BCUT2D eigenvalue weighted by Crippen LogP contribution is 2.51. The lowest BCUT2D eigenvalue weighted by molar-refractivity contribution is -0.137. The number of aryl methyl sites for hydroxylation is 1. The summed E-state index contributed by atoms with van der Waals surface area (Å²) in [4.78, 5) is 11.2. The molecule has 7 aromatic rings. The van der Waals surface area contributed by atoms with Gasteiger partial charge in [0.05, 0.1) is 6.61 Å². The number of fused-ring (bicyclic) bond motifs is 3. The van der Waals surface area contributed by atoms with E-state index in [4.69, 9.17) is 4.74 Å². The van der Waals surface area contributed by atoms with E-state index in [9.17, 15) is 4.79 Å². The lowest BCUT2D eigenvalue weighted by Gasteiger charge is -2.23. The van der Waals surface area contributed by atoms with Crippen LogP contribution in [-0.2, 0) is 26.8 Å². The Hall–Kier alpha value is -5.21. The van der Waals surface area contributed by atoms with E-state index in [2.05, 4.69) is 150 Å². The SMILES string of the molecule is C=CC(=O)OCCCCCc1ccc(-c2ccc3c(c2)C(C)(C)c2cc(-c4ccc5ccc6cc(C(C)(C)C)cc7ccc4c5c67)ccc2-3)cc1. The monoisotopic (exact) mass is 666 g/mol. The van der Waals surface area contributed by atoms with Crippen molar-refractivity contribution in [2.45, 2.75) is 71.1 Å². The molecular formula is C49H46O2. The lowest BCUT2D eigenvalue weighted by atomic mass is 9.80. The van der Waals surface area contributed by atoms with E-state index in [1.54, 1.807) is 0 Å². The largest absolute Gasteiger partial charge is 0.463 e. The maximum absolute atomic E-state index is 11.2. The molecule has 51 heavy (non-hydrogen) atoms. The van der Waals surface area contributed by atoms with Crippen LogP contribution in [0.2, 0.25) is 0 Å². The maximum atomic E-state index is 11.2. The molecule has 2 nitrogen and oxygen atoms in total. The first-order valence-electron chi connectivity index (χ1n) is 18.4. The normalized spacial score (nSPS) is 13.5. The van der Waals surface area contributed by atoms with E-state index in [0.717, 1.165) is 25.7 Å². The number of rotatable bonds is 9. The van der Waals surface area contributed by atoms with Gasteiger partial charge in [0.2, 0.25) is 0 Å². The van der Waals surface area contributed by atoms with Crippen LogP contribution in [0.5, 0.6) is 0 Å². The highest BCUT2D eigenvalue weighted by Gasteiger charge is 2.36. The van der Waals surface area contributed by atoms with Crippen LogP contribution in [0, 0.1) is 0 Å². The number of hydrogen-bond donors (Lipinski definition) is 0. The van der Waals surface area contributed by atoms with Gasteiger partial charge >= 0.3 is 5.97 Å². The molecule has 7 aromatic carbocycles. The average molecular weight is 667 g/mol. The van der Waals surface area contributed by atoms with Gasteiger partial charge in [-0.25, -0.2) is 4.79 Å². The summed E-state index contributed by atoms with van der Waals surface area (Å²) in [7, 11) is 0. The van der Waals surface area contributed by atoms with Crippen LogP contribution in [-0.4, -0.2) is 12.6 Å². The number of carbonyl (C=O) groups is 1. The molecule has 0 heterocycles. The highest BCUT2D eigenvalue weighted by atomic mass is 16.5. The minimum absolute atomic E-state index is 0.100. The van der Waals surface area contributed by atoms with Crippen LogP contribution >= 0.6 is 0 Å². The van der Waals surface area contributed by atoms with Crippen molar-refractivity contribution in [2.75, 3.05) is 6.61 Å². The molecule has 0 radical (unpaired) electrons. The van der Waals surface area contributed by atoms with Gasteiger partial charge in [0.25, 0.3) is 0 Å². The molecule has 2 heteroatoms. The molecule has 0 saturated heterocycles. The van der Waals surface area contributed by atoms with Crippen molar-refractivity contribution >= 4 is 38.3 Å². The Kier molecular flexibility index (Phi) is 8.10. The van der Waals surface area contributed by atoms with E-state index in [-0.39, 0.29) is 16.8 Å². The molecule has 0 aromatic heterocycles. The van der Waals surface area contributed by atoms with E-state index >= 15 is 0 Å². The molecule has 0 bridgehead atoms. The predicted octanol–water partition coefficient (Wildman–Crippen LogP) is 13.0. The second-order valence-corrected chi connectivity index (χ2v) is 16.0. The highest BCUT2D eigenvalue weighted by molar-refractivity contribution is 6.25. The fourth-order valence-corrected chi connectivity index (χ4v) is 8.29. The average Bonchev–Trinajstić information content (AvgIpc) is 3.36. The van der Waals surface area contributed by atoms with E-state index in [1.807, 2.05) is 0 Å². The van der Waals surface area contributed by atoms with Crippen LogP contribution in [0.25, 0.3) is 65.7 Å². The van der Waals surface area contributed by atoms with Gasteiger partial charge in [-0.3, -0.25) is 0 Å². The molecular weight excluding hydrogens is 621 g/mol. The molecule has 0 atom stereocenters. The van der Waals surface area contributed by atoms with Gasteiger partial charge in [0.1, 0.15) is 0 Å². The quantitative estimate of drug-likeness (QED) is 0.0663. The molecule has 0 fully saturated rings. The molecule has 0 spiro atoms. The number of hydrogen-bond acceptors (Lipinski definition) is 2. The van der Waals surface area contributed by atoms with Crippen molar-refractivity contribution in [3.63, 3.8) is 0 Å². The van der Waals surface area contributed by atoms with Crippen molar-refractivity contribution < 1.29 is 9.53 Å². The first kappa shape index (κ1) is 33.0. The Labute approximate surface area is 302 Å². The molecule has 0 N–H and O–H groups in total. The van der Waals surface area contributed by atoms with E-state index in [0.29, 0.717) is 6.61 Å². The summed E-state index contributed by atoms with van der Waals surface area (Å²) < 4.78 is 5.09. The zero-order valence-electron chi connectivity index (χ0n) is 30.5. The standard InChI is InChI=1S/C49H46O2/c1-7-45(50)51-26-10-8-9-11-31-12-14-32(15-13-31)34-19-23-40-41-24-20-35(30-44(41)49(5,6)43(40)29-34)39-22-18-33-16-17-36-27-38(48(2,3)4)28-37-21-25-42(39)47(33)46(36)37/h7,12-25,27-30H,1,8-11,26H2,2-6H3. The Morgan fingerprint density at radius 3 is 1.92 bits per heavy atom. The molecule has 1 aliphatic carbocycles. The molecule has 1 aliphatic rings. The molecule has 0 unspecified atom stereocenters. The summed E-state index contributed by atoms with van der Waals surface area (Å²) >= 11 is 0. The summed E-state index contributed by atoms with van der Waals surface area (Å²) in [6.45, 7) is 15.5. The van der Waals surface area contributed by atoms with Crippen molar-refractivity contribution in [1.82, 2.24) is 0 Å². The number of benzene rings is 7. The third-order valence-corrected chi connectivity index (χ3v) is 11.3. The summed E-state index contributed by atoms with van der Waals surface area (Å²) in [5.41, 5.74) is 13.2. The number of unbranched alkanes of at least 4 members (excludes halogenated alkanes) is 2. The minimum atomic E-state index is -0.344. The first-order chi connectivity index (χ1) is 24.5. The minimum Gasteiger partial charge on any atom is -0.463 e. The van der Waals surface area contributed by atoms with Gasteiger partial charge in [-0.1, -0.05) is 138 Å². The van der Waals surface area contributed by atoms with Gasteiger partial charge < -0.3 is 4.74 Å². The molecule has 254 valence electrons. The molecule has 0 amide bonds. The Balaban J connectivity index is 1.07. The summed E-state index contributed by atoms with van der Waals surface area (Å²) in [6, 6.07) is 41.9. The fraction of sp³-hybridized carbons (Fsp3) is 0.245. The maximum Gasteiger partial charge on any atom is 0.330 e. The third-order valence-electron chi connectivity index (χ3n) is 11.3. The van der Waals surface area contributed by atoms with Gasteiger partial charge in [-0.15, -0.1) is 0 Å². The van der Waals surface area contributed by atoms with Gasteiger partial charge in [-0.2, -0.15) is 0 Å². The third kappa shape index (κ3) is 5.81. The smallest absolute Gasteiger partial charge is 0.330 e. The van der Waals surface area contributed by atoms with Crippen molar-refractivity contribution in [3.8, 4) is 33.4 Å². The Morgan fingerprint density at radius 1 is 0.647 bits per heavy atom. The fourth-order valence-electron chi connectivity index (χ4n) is 8.29. The number of carbonyl (C=O) groups excluding carboxylic acids is 1. The van der Waals surface area contributed by atoms with E-state index in [1.165, 1.54) is 94.0 Å². The summed E-state index contributed by atoms with van der Waals surface area (Å²) in [6.07, 6.45) is 5.22. The Morgan fingerprint density at radius 2 is 1.24 bits per heavy atom. The topological polar surface area (TPSA) is 26.3 Å². The second kappa shape index (κ2) is 12.5. The molecule has 0 aliphatic heterocycles. The zero-order chi connectivity index (χ0) is 35.5. The van der Waals surface area contributed by atoms with E-state index < -0.39 is 0 Å². The van der Waals surface area contributed by atoms with Gasteiger partial charge in [0, 0.05) is 11.5 Å². The lowest BCUT2D eigenvalue weighted by Crippen LogP contribution is -2.15. The van der Waals surface area contributed by atoms with Crippen LogP contribution in [0.1, 0.15) is 76.1 Å². The van der Waals surface area contributed by atoms with Crippen molar-refractivity contribution in [2.24, 2.45) is 0 Å². The first-order valence-corrected chi connectivity index (χ1v) is 18.4. The molecule has 8 rings (SSSR count). The summed E-state index contributed by atoms with van der Waals surface area (Å²) in [5, 5.41) is 8.01. The van der Waals surface area contributed by atoms with Crippen LogP contribution in [0.15, 0.2) is 122 Å². The number of ether oxygens (including phenoxy) is 1. The number of esters is 1. The van der Waals surface area contributed by atoms with Crippen LogP contribution in [0.4, 0.5) is 0 Å². The zero-order valence-corrected chi connectivity index (χ0v) is 30.5.